The van der Waals surface area contributed by atoms with Crippen LogP contribution in [0.3, 0.4) is 0 Å². The lowest BCUT2D eigenvalue weighted by Crippen LogP contribution is -2.31. The van der Waals surface area contributed by atoms with Crippen LogP contribution in [0, 0.1) is 11.7 Å². The summed E-state index contributed by atoms with van der Waals surface area (Å²) in [7, 11) is -1.79. The Bertz CT molecular complexity index is 559. The molecule has 0 radical (unpaired) electrons. The molecule has 5 nitrogen and oxygen atoms in total. The predicted molar refractivity (Wildman–Crippen MR) is 73.0 cm³/mol. The first-order valence-electron chi connectivity index (χ1n) is 5.92. The molecule has 1 rings (SSSR count). The van der Waals surface area contributed by atoms with Crippen LogP contribution in [0.15, 0.2) is 18.2 Å². The largest absolute Gasteiger partial charge is 0.480 e. The molecule has 2 atom stereocenters. The Morgan fingerprint density at radius 2 is 2.00 bits per heavy atom. The lowest BCUT2D eigenvalue weighted by Gasteiger charge is -2.16. The van der Waals surface area contributed by atoms with E-state index in [9.17, 15) is 18.2 Å². The zero-order chi connectivity index (χ0) is 15.4. The second kappa shape index (κ2) is 6.60. The van der Waals surface area contributed by atoms with Crippen LogP contribution in [-0.2, 0) is 21.3 Å². The van der Waals surface area contributed by atoms with E-state index >= 15 is 0 Å². The van der Waals surface area contributed by atoms with E-state index in [-0.39, 0.29) is 22.8 Å². The van der Waals surface area contributed by atoms with Gasteiger partial charge < -0.3 is 10.8 Å². The zero-order valence-corrected chi connectivity index (χ0v) is 11.9. The number of halogens is 1. The Kier molecular flexibility index (Phi) is 5.38. The number of rotatable bonds is 6. The topological polar surface area (TPSA) is 97.5 Å². The van der Waals surface area contributed by atoms with Crippen molar-refractivity contribution in [2.24, 2.45) is 11.7 Å². The Hall–Kier alpha value is -1.76. The van der Waals surface area contributed by atoms with E-state index in [1.807, 2.05) is 0 Å². The summed E-state index contributed by atoms with van der Waals surface area (Å²) in [6.07, 6.45) is 0. The summed E-state index contributed by atoms with van der Waals surface area (Å²) in [4.78, 5) is 22.1. The quantitative estimate of drug-likeness (QED) is 0.827. The molecule has 0 saturated carbocycles. The van der Waals surface area contributed by atoms with Gasteiger partial charge in [-0.1, -0.05) is 13.8 Å². The summed E-state index contributed by atoms with van der Waals surface area (Å²) >= 11 is 0. The van der Waals surface area contributed by atoms with Crippen LogP contribution in [-0.4, -0.2) is 26.4 Å². The first kappa shape index (κ1) is 16.3. The third-order valence-electron chi connectivity index (χ3n) is 2.76. The molecular weight excluding hydrogens is 285 g/mol. The Morgan fingerprint density at radius 3 is 2.45 bits per heavy atom. The smallest absolute Gasteiger partial charge is 0.319 e. The van der Waals surface area contributed by atoms with Crippen molar-refractivity contribution >= 4 is 22.7 Å². The molecule has 0 saturated heterocycles. The van der Waals surface area contributed by atoms with Crippen molar-refractivity contribution in [3.63, 3.8) is 0 Å². The number of carbonyl (C=O) groups excluding carboxylic acids is 1. The van der Waals surface area contributed by atoms with Gasteiger partial charge in [-0.25, -0.2) is 4.39 Å². The molecule has 0 aliphatic heterocycles. The highest BCUT2D eigenvalue weighted by molar-refractivity contribution is 7.85. The van der Waals surface area contributed by atoms with Gasteiger partial charge in [0, 0.05) is 21.9 Å². The Morgan fingerprint density at radius 1 is 1.40 bits per heavy atom. The van der Waals surface area contributed by atoms with Gasteiger partial charge in [0.1, 0.15) is 11.1 Å². The molecule has 0 aliphatic rings. The zero-order valence-electron chi connectivity index (χ0n) is 11.1. The maximum absolute atomic E-state index is 13.6. The standard InChI is InChI=1S/C13H16FNO4S/c1-7(2)11(13(17)18)20(19)6-9-5-8(12(15)16)3-4-10(9)14/h3-5,7,11H,6H2,1-2H3,(H2,15,16)(H,17,18). The molecule has 1 aromatic carbocycles. The van der Waals surface area contributed by atoms with Crippen LogP contribution >= 0.6 is 0 Å². The molecule has 0 bridgehead atoms. The van der Waals surface area contributed by atoms with E-state index in [2.05, 4.69) is 0 Å². The number of amides is 1. The van der Waals surface area contributed by atoms with E-state index in [1.165, 1.54) is 12.1 Å². The summed E-state index contributed by atoms with van der Waals surface area (Å²) in [6, 6.07) is 3.48. The van der Waals surface area contributed by atoms with Crippen molar-refractivity contribution in [2.75, 3.05) is 0 Å². The van der Waals surface area contributed by atoms with Crippen molar-refractivity contribution in [3.8, 4) is 0 Å². The van der Waals surface area contributed by atoms with E-state index in [1.54, 1.807) is 13.8 Å². The van der Waals surface area contributed by atoms with E-state index < -0.39 is 33.7 Å². The number of benzene rings is 1. The third kappa shape index (κ3) is 3.86. The van der Waals surface area contributed by atoms with Gasteiger partial charge in [0.15, 0.2) is 0 Å². The fourth-order valence-corrected chi connectivity index (χ4v) is 3.32. The molecule has 0 spiro atoms. The summed E-state index contributed by atoms with van der Waals surface area (Å²) in [6.45, 7) is 3.26. The SMILES string of the molecule is CC(C)C(C(=O)O)S(=O)Cc1cc(C(N)=O)ccc1F. The van der Waals surface area contributed by atoms with Crippen LogP contribution in [0.5, 0.6) is 0 Å². The van der Waals surface area contributed by atoms with E-state index in [0.717, 1.165) is 6.07 Å². The minimum absolute atomic E-state index is 0.0199. The molecular formula is C13H16FNO4S. The fraction of sp³-hybridized carbons (Fsp3) is 0.385. The van der Waals surface area contributed by atoms with Gasteiger partial charge in [0.05, 0.1) is 5.75 Å². The molecule has 110 valence electrons. The second-order valence-corrected chi connectivity index (χ2v) is 6.26. The van der Waals surface area contributed by atoms with Gasteiger partial charge >= 0.3 is 5.97 Å². The van der Waals surface area contributed by atoms with E-state index in [0.29, 0.717) is 0 Å². The summed E-state index contributed by atoms with van der Waals surface area (Å²) in [5, 5.41) is 7.95. The van der Waals surface area contributed by atoms with Gasteiger partial charge in [0.25, 0.3) is 0 Å². The van der Waals surface area contributed by atoms with Crippen molar-refractivity contribution in [2.45, 2.75) is 24.9 Å². The number of hydrogen-bond donors (Lipinski definition) is 2. The minimum Gasteiger partial charge on any atom is -0.480 e. The predicted octanol–water partition coefficient (Wildman–Crippen LogP) is 1.28. The molecule has 1 aromatic rings. The molecule has 20 heavy (non-hydrogen) atoms. The van der Waals surface area contributed by atoms with Gasteiger partial charge in [-0.3, -0.25) is 13.8 Å². The summed E-state index contributed by atoms with van der Waals surface area (Å²) in [5.41, 5.74) is 5.20. The van der Waals surface area contributed by atoms with Crippen LogP contribution in [0.4, 0.5) is 4.39 Å². The molecule has 0 aromatic heterocycles. The maximum Gasteiger partial charge on any atom is 0.319 e. The highest BCUT2D eigenvalue weighted by atomic mass is 32.2. The third-order valence-corrected chi connectivity index (χ3v) is 4.67. The van der Waals surface area contributed by atoms with Crippen LogP contribution in [0.1, 0.15) is 29.8 Å². The maximum atomic E-state index is 13.6. The Balaban J connectivity index is 3.03. The molecule has 2 unspecified atom stereocenters. The summed E-state index contributed by atoms with van der Waals surface area (Å²) < 4.78 is 25.7. The second-order valence-electron chi connectivity index (χ2n) is 4.70. The van der Waals surface area contributed by atoms with Crippen LogP contribution in [0.2, 0.25) is 0 Å². The van der Waals surface area contributed by atoms with Gasteiger partial charge in [-0.05, 0) is 24.1 Å². The monoisotopic (exact) mass is 301 g/mol. The number of primary amides is 1. The number of carboxylic acids is 1. The van der Waals surface area contributed by atoms with Gasteiger partial charge in [-0.15, -0.1) is 0 Å². The molecule has 0 aliphatic carbocycles. The molecule has 3 N–H and O–H groups in total. The van der Waals surface area contributed by atoms with Crippen LogP contribution < -0.4 is 5.73 Å². The first-order chi connectivity index (χ1) is 9.23. The first-order valence-corrected chi connectivity index (χ1v) is 7.30. The van der Waals surface area contributed by atoms with Gasteiger partial charge in [0.2, 0.25) is 5.91 Å². The van der Waals surface area contributed by atoms with E-state index in [4.69, 9.17) is 10.8 Å². The normalized spacial score (nSPS) is 14.0. The Labute approximate surface area is 118 Å². The van der Waals surface area contributed by atoms with Crippen molar-refractivity contribution in [1.29, 1.82) is 0 Å². The average Bonchev–Trinajstić information content (AvgIpc) is 2.30. The average molecular weight is 301 g/mol. The fourth-order valence-electron chi connectivity index (χ4n) is 1.78. The number of carbonyl (C=O) groups is 2. The number of aliphatic carboxylic acids is 1. The molecule has 7 heteroatoms. The highest BCUT2D eigenvalue weighted by Crippen LogP contribution is 2.18. The summed E-state index contributed by atoms with van der Waals surface area (Å²) in [5.74, 6) is -3.19. The molecule has 1 amide bonds. The van der Waals surface area contributed by atoms with Crippen molar-refractivity contribution < 1.29 is 23.3 Å². The molecule has 0 fully saturated rings. The van der Waals surface area contributed by atoms with Crippen molar-refractivity contribution in [1.82, 2.24) is 0 Å². The number of carboxylic acid groups (broad SMARTS) is 1. The van der Waals surface area contributed by atoms with Crippen LogP contribution in [0.25, 0.3) is 0 Å². The number of nitrogens with two attached hydrogens (primary N) is 1. The lowest BCUT2D eigenvalue weighted by molar-refractivity contribution is -0.137. The molecule has 0 heterocycles. The number of hydrogen-bond acceptors (Lipinski definition) is 3. The lowest BCUT2D eigenvalue weighted by atomic mass is 10.1. The minimum atomic E-state index is -1.79. The van der Waals surface area contributed by atoms with Crippen molar-refractivity contribution in [3.05, 3.63) is 35.1 Å². The van der Waals surface area contributed by atoms with Gasteiger partial charge in [-0.2, -0.15) is 0 Å². The highest BCUT2D eigenvalue weighted by Gasteiger charge is 2.28.